The van der Waals surface area contributed by atoms with E-state index in [4.69, 9.17) is 16.3 Å². The van der Waals surface area contributed by atoms with Crippen molar-refractivity contribution in [1.29, 1.82) is 0 Å². The van der Waals surface area contributed by atoms with Crippen LogP contribution in [-0.2, 0) is 21.8 Å². The molecule has 0 aliphatic carbocycles. The molecule has 1 aromatic heterocycles. The Balaban J connectivity index is 1.67. The summed E-state index contributed by atoms with van der Waals surface area (Å²) >= 11 is 5.96. The Kier molecular flexibility index (Phi) is 8.31. The van der Waals surface area contributed by atoms with E-state index in [1.165, 1.54) is 23.4 Å². The van der Waals surface area contributed by atoms with Crippen molar-refractivity contribution in [3.05, 3.63) is 41.1 Å². The summed E-state index contributed by atoms with van der Waals surface area (Å²) in [6.07, 6.45) is 3.31. The average Bonchev–Trinajstić information content (AvgIpc) is 3.20. The maximum absolute atomic E-state index is 14.6. The second-order valence-corrected chi connectivity index (χ2v) is 12.2. The van der Waals surface area contributed by atoms with Gasteiger partial charge in [0, 0.05) is 31.9 Å². The number of piperidine rings is 1. The van der Waals surface area contributed by atoms with E-state index in [9.17, 15) is 22.4 Å². The lowest BCUT2D eigenvalue weighted by atomic mass is 9.89. The lowest BCUT2D eigenvalue weighted by Crippen LogP contribution is -2.50. The Bertz CT molecular complexity index is 1240. The molecule has 2 N–H and O–H groups in total. The number of halogens is 2. The summed E-state index contributed by atoms with van der Waals surface area (Å²) in [6, 6.07) is 2.58. The first-order chi connectivity index (χ1) is 16.6. The van der Waals surface area contributed by atoms with Crippen LogP contribution in [0.3, 0.4) is 0 Å². The highest BCUT2D eigenvalue weighted by molar-refractivity contribution is 7.89. The lowest BCUT2D eigenvalue weighted by molar-refractivity contribution is 0.0129. The number of carbonyl (C=O) groups excluding carboxylic acids is 2. The molecular formula is C23H31ClFN5O5S. The largest absolute Gasteiger partial charge is 0.444 e. The van der Waals surface area contributed by atoms with E-state index in [0.717, 1.165) is 0 Å². The summed E-state index contributed by atoms with van der Waals surface area (Å²) < 4.78 is 47.1. The molecule has 1 aliphatic heterocycles. The molecule has 3 rings (SSSR count). The summed E-state index contributed by atoms with van der Waals surface area (Å²) in [5.41, 5.74) is 1.81. The van der Waals surface area contributed by atoms with Crippen LogP contribution in [0.5, 0.6) is 0 Å². The van der Waals surface area contributed by atoms with Crippen LogP contribution in [0.1, 0.15) is 44.5 Å². The predicted molar refractivity (Wildman–Crippen MR) is 133 cm³/mol. The number of nitrogens with one attached hydrogen (secondary N) is 2. The quantitative estimate of drug-likeness (QED) is 0.539. The molecule has 36 heavy (non-hydrogen) atoms. The maximum atomic E-state index is 14.6. The van der Waals surface area contributed by atoms with Crippen LogP contribution in [0, 0.1) is 17.7 Å². The number of aryl methyl sites for hydroxylation is 1. The van der Waals surface area contributed by atoms with E-state index < -0.39 is 39.0 Å². The third kappa shape index (κ3) is 7.17. The van der Waals surface area contributed by atoms with Crippen molar-refractivity contribution in [3.8, 4) is 11.3 Å². The van der Waals surface area contributed by atoms with Crippen LogP contribution in [0.15, 0.2) is 24.7 Å². The van der Waals surface area contributed by atoms with Crippen molar-refractivity contribution < 1.29 is 27.1 Å². The van der Waals surface area contributed by atoms with E-state index in [-0.39, 0.29) is 29.2 Å². The first-order valence-electron chi connectivity index (χ1n) is 11.4. The standard InChI is InChI=1S/C23H31ClFN5O5S/c1-14-6-7-30(22(32)35-23(2,3)4)10-16(14)12-36(33,34)28-27-21(31)17-8-15(9-18(24)20(17)25)19-11-29(5)13-26-19/h8-9,11,13-14,16,28H,6-7,10,12H2,1-5H3,(H,27,31). The number of rotatable bonds is 6. The minimum absolute atomic E-state index is 0.0160. The lowest BCUT2D eigenvalue weighted by Gasteiger charge is -2.37. The molecule has 0 spiro atoms. The van der Waals surface area contributed by atoms with E-state index in [2.05, 4.69) is 10.4 Å². The number of hydrogen-bond donors (Lipinski definition) is 2. The van der Waals surface area contributed by atoms with Crippen LogP contribution < -0.4 is 10.3 Å². The molecule has 0 radical (unpaired) electrons. The van der Waals surface area contributed by atoms with Crippen LogP contribution >= 0.6 is 11.6 Å². The number of likely N-dealkylation sites (tertiary alicyclic amines) is 1. The third-order valence-electron chi connectivity index (χ3n) is 5.79. The second-order valence-electron chi connectivity index (χ2n) is 10.0. The third-order valence-corrected chi connectivity index (χ3v) is 7.35. The topological polar surface area (TPSA) is 123 Å². The monoisotopic (exact) mass is 543 g/mol. The van der Waals surface area contributed by atoms with Gasteiger partial charge < -0.3 is 14.2 Å². The number of amides is 2. The van der Waals surface area contributed by atoms with Gasteiger partial charge >= 0.3 is 6.09 Å². The number of imidazole rings is 1. The molecule has 13 heteroatoms. The first kappa shape index (κ1) is 27.9. The first-order valence-corrected chi connectivity index (χ1v) is 13.4. The smallest absolute Gasteiger partial charge is 0.410 e. The predicted octanol–water partition coefficient (Wildman–Crippen LogP) is 3.34. The number of nitrogens with zero attached hydrogens (tertiary/aromatic N) is 3. The minimum Gasteiger partial charge on any atom is -0.444 e. The molecule has 1 fully saturated rings. The highest BCUT2D eigenvalue weighted by Gasteiger charge is 2.34. The zero-order valence-electron chi connectivity index (χ0n) is 20.8. The van der Waals surface area contributed by atoms with Gasteiger partial charge in [0.2, 0.25) is 10.0 Å². The summed E-state index contributed by atoms with van der Waals surface area (Å²) in [7, 11) is -2.26. The zero-order chi connectivity index (χ0) is 26.8. The van der Waals surface area contributed by atoms with Gasteiger partial charge in [0.1, 0.15) is 5.60 Å². The molecule has 2 unspecified atom stereocenters. The summed E-state index contributed by atoms with van der Waals surface area (Å²) in [5.74, 6) is -2.71. The molecule has 2 heterocycles. The number of hydrogen-bond acceptors (Lipinski definition) is 6. The molecule has 10 nitrogen and oxygen atoms in total. The number of aromatic nitrogens is 2. The Morgan fingerprint density at radius 3 is 2.61 bits per heavy atom. The minimum atomic E-state index is -4.02. The number of hydrazine groups is 1. The van der Waals surface area contributed by atoms with Crippen molar-refractivity contribution in [2.75, 3.05) is 18.8 Å². The molecule has 1 aromatic carbocycles. The molecule has 2 amide bonds. The maximum Gasteiger partial charge on any atom is 0.410 e. The highest BCUT2D eigenvalue weighted by atomic mass is 35.5. The van der Waals surface area contributed by atoms with Gasteiger partial charge in [0.05, 0.1) is 28.4 Å². The summed E-state index contributed by atoms with van der Waals surface area (Å²) in [6.45, 7) is 7.84. The summed E-state index contributed by atoms with van der Waals surface area (Å²) in [5, 5.41) is -0.301. The average molecular weight is 544 g/mol. The van der Waals surface area contributed by atoms with Crippen LogP contribution in [0.4, 0.5) is 9.18 Å². The fourth-order valence-electron chi connectivity index (χ4n) is 3.84. The van der Waals surface area contributed by atoms with Gasteiger partial charge in [-0.15, -0.1) is 4.83 Å². The van der Waals surface area contributed by atoms with Crippen molar-refractivity contribution in [1.82, 2.24) is 24.7 Å². The number of sulfonamides is 1. The van der Waals surface area contributed by atoms with Crippen LogP contribution in [0.2, 0.25) is 5.02 Å². The van der Waals surface area contributed by atoms with Gasteiger partial charge in [-0.3, -0.25) is 10.2 Å². The van der Waals surface area contributed by atoms with Crippen LogP contribution in [0.25, 0.3) is 11.3 Å². The molecule has 1 aliphatic rings. The van der Waals surface area contributed by atoms with Crippen molar-refractivity contribution >= 4 is 33.6 Å². The highest BCUT2D eigenvalue weighted by Crippen LogP contribution is 2.28. The van der Waals surface area contributed by atoms with E-state index in [0.29, 0.717) is 24.2 Å². The van der Waals surface area contributed by atoms with Gasteiger partial charge in [-0.1, -0.05) is 18.5 Å². The Hall–Kier alpha value is -2.70. The van der Waals surface area contributed by atoms with Crippen LogP contribution in [-0.4, -0.2) is 59.3 Å². The molecule has 0 bridgehead atoms. The number of ether oxygens (including phenoxy) is 1. The van der Waals surface area contributed by atoms with Crippen molar-refractivity contribution in [2.24, 2.45) is 18.9 Å². The summed E-state index contributed by atoms with van der Waals surface area (Å²) in [4.78, 5) is 32.7. The van der Waals surface area contributed by atoms with Crippen molar-refractivity contribution in [2.45, 2.75) is 39.7 Å². The fraction of sp³-hybridized carbons (Fsp3) is 0.522. The Labute approximate surface area is 215 Å². The zero-order valence-corrected chi connectivity index (χ0v) is 22.4. The second kappa shape index (κ2) is 10.7. The molecule has 0 saturated carbocycles. The normalized spacial score (nSPS) is 18.7. The Morgan fingerprint density at radius 1 is 1.31 bits per heavy atom. The van der Waals surface area contributed by atoms with E-state index in [1.54, 1.807) is 38.6 Å². The fourth-order valence-corrected chi connectivity index (χ4v) is 5.39. The van der Waals surface area contributed by atoms with Gasteiger partial charge in [0.15, 0.2) is 5.82 Å². The number of benzene rings is 1. The molecule has 1 saturated heterocycles. The SMILES string of the molecule is CC1CCN(C(=O)OC(C)(C)C)CC1CS(=O)(=O)NNC(=O)c1cc(-c2cn(C)cn2)cc(Cl)c1F. The van der Waals surface area contributed by atoms with Gasteiger partial charge in [-0.05, 0) is 51.2 Å². The number of carbonyl (C=O) groups is 2. The van der Waals surface area contributed by atoms with Crippen molar-refractivity contribution in [3.63, 3.8) is 0 Å². The molecule has 2 aromatic rings. The Morgan fingerprint density at radius 2 is 2.00 bits per heavy atom. The molecule has 2 atom stereocenters. The van der Waals surface area contributed by atoms with Gasteiger partial charge in [-0.25, -0.2) is 22.6 Å². The van der Waals surface area contributed by atoms with E-state index >= 15 is 0 Å². The molecule has 198 valence electrons. The van der Waals surface area contributed by atoms with Gasteiger partial charge in [-0.2, -0.15) is 0 Å². The molecular weight excluding hydrogens is 513 g/mol. The van der Waals surface area contributed by atoms with E-state index in [1.807, 2.05) is 11.8 Å². The van der Waals surface area contributed by atoms with Gasteiger partial charge in [0.25, 0.3) is 5.91 Å².